The molecule has 1 N–H and O–H groups in total. The average molecular weight is 452 g/mol. The van der Waals surface area contributed by atoms with E-state index in [4.69, 9.17) is 9.15 Å². The average Bonchev–Trinajstić information content (AvgIpc) is 3.27. The molecule has 0 bridgehead atoms. The first-order valence-electron chi connectivity index (χ1n) is 10.2. The van der Waals surface area contributed by atoms with Crippen molar-refractivity contribution in [3.8, 4) is 11.5 Å². The zero-order chi connectivity index (χ0) is 24.2. The Morgan fingerprint density at radius 2 is 1.73 bits per heavy atom. The minimum Gasteiger partial charge on any atom is -0.451 e. The van der Waals surface area contributed by atoms with Crippen LogP contribution in [0.15, 0.2) is 52.9 Å². The second kappa shape index (κ2) is 9.60. The Balaban J connectivity index is 1.53. The van der Waals surface area contributed by atoms with Crippen molar-refractivity contribution in [2.45, 2.75) is 39.2 Å². The summed E-state index contributed by atoms with van der Waals surface area (Å²) in [7, 11) is 0. The highest BCUT2D eigenvalue weighted by atomic mass is 16.6. The van der Waals surface area contributed by atoms with Gasteiger partial charge in [0.2, 0.25) is 5.89 Å². The Morgan fingerprint density at radius 1 is 1.09 bits per heavy atom. The third-order valence-corrected chi connectivity index (χ3v) is 4.83. The van der Waals surface area contributed by atoms with Crippen LogP contribution in [0.2, 0.25) is 0 Å². The number of ether oxygens (including phenoxy) is 1. The van der Waals surface area contributed by atoms with E-state index in [1.807, 2.05) is 12.1 Å². The molecular weight excluding hydrogens is 428 g/mol. The molecule has 1 aromatic heterocycles. The van der Waals surface area contributed by atoms with Crippen molar-refractivity contribution in [2.24, 2.45) is 0 Å². The highest BCUT2D eigenvalue weighted by molar-refractivity contribution is 5.95. The zero-order valence-electron chi connectivity index (χ0n) is 18.7. The summed E-state index contributed by atoms with van der Waals surface area (Å²) in [6.07, 6.45) is -0.847. The van der Waals surface area contributed by atoms with Crippen LogP contribution < -0.4 is 5.32 Å². The first kappa shape index (κ1) is 23.6. The monoisotopic (exact) mass is 452 g/mol. The number of carbonyl (C=O) groups is 2. The maximum Gasteiger partial charge on any atom is 0.326 e. The molecule has 2 aromatic carbocycles. The van der Waals surface area contributed by atoms with Crippen molar-refractivity contribution < 1.29 is 23.7 Å². The summed E-state index contributed by atoms with van der Waals surface area (Å²) < 4.78 is 10.8. The van der Waals surface area contributed by atoms with E-state index < -0.39 is 22.9 Å². The van der Waals surface area contributed by atoms with Crippen LogP contribution in [0.3, 0.4) is 0 Å². The number of nitrogens with one attached hydrogen (secondary N) is 1. The van der Waals surface area contributed by atoms with E-state index in [1.54, 1.807) is 19.1 Å². The number of nitro groups is 1. The lowest BCUT2D eigenvalue weighted by Gasteiger charge is -2.19. The molecule has 0 aliphatic heterocycles. The van der Waals surface area contributed by atoms with E-state index in [2.05, 4.69) is 36.3 Å². The van der Waals surface area contributed by atoms with E-state index >= 15 is 0 Å². The van der Waals surface area contributed by atoms with E-state index in [-0.39, 0.29) is 29.4 Å². The molecule has 0 saturated carbocycles. The van der Waals surface area contributed by atoms with Crippen molar-refractivity contribution in [1.29, 1.82) is 0 Å². The van der Waals surface area contributed by atoms with Gasteiger partial charge < -0.3 is 14.5 Å². The van der Waals surface area contributed by atoms with Gasteiger partial charge in [-0.1, -0.05) is 32.9 Å². The Hall–Kier alpha value is -4.08. The summed E-state index contributed by atoms with van der Waals surface area (Å²) in [5, 5.41) is 21.0. The van der Waals surface area contributed by atoms with Crippen LogP contribution in [-0.2, 0) is 14.9 Å². The predicted octanol–water partition coefficient (Wildman–Crippen LogP) is 3.98. The van der Waals surface area contributed by atoms with Crippen LogP contribution in [0.5, 0.6) is 0 Å². The molecule has 33 heavy (non-hydrogen) atoms. The fraction of sp³-hybridized carbons (Fsp3) is 0.304. The lowest BCUT2D eigenvalue weighted by atomic mass is 9.87. The van der Waals surface area contributed by atoms with E-state index in [1.165, 1.54) is 24.3 Å². The van der Waals surface area contributed by atoms with E-state index in [9.17, 15) is 19.7 Å². The maximum atomic E-state index is 12.3. The normalized spacial score (nSPS) is 12.1. The van der Waals surface area contributed by atoms with Crippen molar-refractivity contribution in [3.05, 3.63) is 75.7 Å². The number of benzene rings is 2. The molecule has 10 heteroatoms. The van der Waals surface area contributed by atoms with Gasteiger partial charge in [0.15, 0.2) is 6.10 Å². The third kappa shape index (κ3) is 6.00. The van der Waals surface area contributed by atoms with Crippen LogP contribution in [0, 0.1) is 10.1 Å². The van der Waals surface area contributed by atoms with Gasteiger partial charge in [-0.15, -0.1) is 10.2 Å². The first-order chi connectivity index (χ1) is 15.5. The van der Waals surface area contributed by atoms with Crippen LogP contribution in [0.1, 0.15) is 55.6 Å². The molecule has 172 valence electrons. The third-order valence-electron chi connectivity index (χ3n) is 4.83. The molecule has 1 amide bonds. The molecule has 1 atom stereocenters. The molecule has 3 rings (SSSR count). The minimum atomic E-state index is -0.847. The van der Waals surface area contributed by atoms with Gasteiger partial charge in [0.25, 0.3) is 17.5 Å². The van der Waals surface area contributed by atoms with Crippen LogP contribution in [0.25, 0.3) is 11.5 Å². The molecule has 0 radical (unpaired) electrons. The molecule has 1 heterocycles. The zero-order valence-corrected chi connectivity index (χ0v) is 18.7. The number of nitro benzene ring substituents is 1. The fourth-order valence-corrected chi connectivity index (χ4v) is 2.91. The van der Waals surface area contributed by atoms with Gasteiger partial charge in [-0.05, 0) is 42.2 Å². The summed E-state index contributed by atoms with van der Waals surface area (Å²) >= 11 is 0. The second-order valence-electron chi connectivity index (χ2n) is 8.39. The quantitative estimate of drug-likeness (QED) is 0.323. The summed E-state index contributed by atoms with van der Waals surface area (Å²) in [6.45, 7) is 7.47. The maximum absolute atomic E-state index is 12.3. The van der Waals surface area contributed by atoms with E-state index in [0.29, 0.717) is 11.1 Å². The topological polar surface area (TPSA) is 137 Å². The Labute approximate surface area is 190 Å². The molecule has 0 aliphatic rings. The van der Waals surface area contributed by atoms with Crippen LogP contribution in [-0.4, -0.2) is 33.5 Å². The largest absolute Gasteiger partial charge is 0.451 e. The molecule has 0 fully saturated rings. The molecule has 0 saturated heterocycles. The SMILES string of the molecule is CC(OC(=O)CNC(=O)c1ccc(C(C)(C)C)cc1)c1nnc(-c2ccc([N+](=O)[O-])cc2)o1. The van der Waals surface area contributed by atoms with Gasteiger partial charge in [-0.2, -0.15) is 0 Å². The van der Waals surface area contributed by atoms with E-state index in [0.717, 1.165) is 5.56 Å². The van der Waals surface area contributed by atoms with Gasteiger partial charge in [-0.25, -0.2) is 0 Å². The first-order valence-corrected chi connectivity index (χ1v) is 10.2. The number of carbonyl (C=O) groups excluding carboxylic acids is 2. The lowest BCUT2D eigenvalue weighted by molar-refractivity contribution is -0.384. The van der Waals surface area contributed by atoms with Crippen molar-refractivity contribution in [2.75, 3.05) is 6.54 Å². The van der Waals surface area contributed by atoms with Crippen LogP contribution >= 0.6 is 0 Å². The predicted molar refractivity (Wildman–Crippen MR) is 118 cm³/mol. The Kier molecular flexibility index (Phi) is 6.86. The fourth-order valence-electron chi connectivity index (χ4n) is 2.91. The summed E-state index contributed by atoms with van der Waals surface area (Å²) in [5.74, 6) is -0.869. The highest BCUT2D eigenvalue weighted by Gasteiger charge is 2.20. The van der Waals surface area contributed by atoms with Gasteiger partial charge >= 0.3 is 5.97 Å². The summed E-state index contributed by atoms with van der Waals surface area (Å²) in [4.78, 5) is 34.7. The highest BCUT2D eigenvalue weighted by Crippen LogP contribution is 2.24. The Morgan fingerprint density at radius 3 is 2.30 bits per heavy atom. The number of hydrogen-bond donors (Lipinski definition) is 1. The number of amides is 1. The van der Waals surface area contributed by atoms with Crippen LogP contribution in [0.4, 0.5) is 5.69 Å². The molecule has 1 unspecified atom stereocenters. The van der Waals surface area contributed by atoms with Gasteiger partial charge in [-0.3, -0.25) is 19.7 Å². The standard InChI is InChI=1S/C23H24N4O6/c1-14(21-25-26-22(33-21)16-7-11-18(12-8-16)27(30)31)32-19(28)13-24-20(29)15-5-9-17(10-6-15)23(2,3)4/h5-12,14H,13H2,1-4H3,(H,24,29). The van der Waals surface area contributed by atoms with Crippen molar-refractivity contribution in [1.82, 2.24) is 15.5 Å². The van der Waals surface area contributed by atoms with Gasteiger partial charge in [0.05, 0.1) is 4.92 Å². The Bertz CT molecular complexity index is 1150. The van der Waals surface area contributed by atoms with Gasteiger partial charge in [0.1, 0.15) is 6.54 Å². The number of aromatic nitrogens is 2. The number of hydrogen-bond acceptors (Lipinski definition) is 8. The van der Waals surface area contributed by atoms with Crippen molar-refractivity contribution >= 4 is 17.6 Å². The van der Waals surface area contributed by atoms with Crippen molar-refractivity contribution in [3.63, 3.8) is 0 Å². The number of nitrogens with zero attached hydrogens (tertiary/aromatic N) is 3. The smallest absolute Gasteiger partial charge is 0.326 e. The van der Waals surface area contributed by atoms with Gasteiger partial charge in [0, 0.05) is 23.3 Å². The molecule has 3 aromatic rings. The summed E-state index contributed by atoms with van der Waals surface area (Å²) in [6, 6.07) is 12.8. The lowest BCUT2D eigenvalue weighted by Crippen LogP contribution is -2.31. The second-order valence-corrected chi connectivity index (χ2v) is 8.39. The number of non-ortho nitro benzene ring substituents is 1. The minimum absolute atomic E-state index is 0.0258. The number of rotatable bonds is 7. The molecule has 0 spiro atoms. The molecular formula is C23H24N4O6. The number of esters is 1. The molecule has 0 aliphatic carbocycles. The summed E-state index contributed by atoms with van der Waals surface area (Å²) in [5.41, 5.74) is 1.94. The molecule has 10 nitrogen and oxygen atoms in total.